The van der Waals surface area contributed by atoms with Gasteiger partial charge in [-0.25, -0.2) is 0 Å². The van der Waals surface area contributed by atoms with Crippen LogP contribution in [0.3, 0.4) is 0 Å². The van der Waals surface area contributed by atoms with Crippen molar-refractivity contribution in [3.05, 3.63) is 65.6 Å². The molecule has 2 aromatic heterocycles. The summed E-state index contributed by atoms with van der Waals surface area (Å²) in [5.41, 5.74) is 4.09. The molecule has 4 rings (SSSR count). The Labute approximate surface area is 138 Å². The van der Waals surface area contributed by atoms with Gasteiger partial charge in [-0.3, -0.25) is 15.1 Å². The van der Waals surface area contributed by atoms with E-state index in [1.807, 2.05) is 36.7 Å². The number of Topliss-reactive ketones (excluding diaryl/α,β-unsaturated/α-hetero) is 1. The van der Waals surface area contributed by atoms with Crippen LogP contribution >= 0.6 is 11.8 Å². The number of ketones is 1. The highest BCUT2D eigenvalue weighted by Crippen LogP contribution is 2.34. The van der Waals surface area contributed by atoms with Crippen molar-refractivity contribution >= 4 is 28.4 Å². The van der Waals surface area contributed by atoms with Gasteiger partial charge in [-0.1, -0.05) is 24.3 Å². The third kappa shape index (κ3) is 2.56. The van der Waals surface area contributed by atoms with Crippen molar-refractivity contribution in [3.8, 4) is 0 Å². The lowest BCUT2D eigenvalue weighted by Crippen LogP contribution is -2.34. The van der Waals surface area contributed by atoms with Crippen molar-refractivity contribution in [2.45, 2.75) is 18.3 Å². The summed E-state index contributed by atoms with van der Waals surface area (Å²) >= 11 is 1.76. The number of fused-ring (bicyclic) bond motifs is 1. The van der Waals surface area contributed by atoms with Crippen LogP contribution in [0.25, 0.3) is 10.9 Å². The Morgan fingerprint density at radius 3 is 3.04 bits per heavy atom. The molecule has 0 spiro atoms. The Kier molecular flexibility index (Phi) is 3.67. The number of rotatable bonds is 3. The van der Waals surface area contributed by atoms with Crippen molar-refractivity contribution in [1.29, 1.82) is 0 Å². The number of thioether (sulfide) groups is 1. The van der Waals surface area contributed by atoms with E-state index in [0.717, 1.165) is 33.3 Å². The normalized spacial score (nSPS) is 20.9. The van der Waals surface area contributed by atoms with Crippen LogP contribution in [-0.2, 0) is 0 Å². The number of hydrogen-bond donors (Lipinski definition) is 2. The monoisotopic (exact) mass is 323 g/mol. The Balaban J connectivity index is 1.59. The molecule has 1 saturated heterocycles. The van der Waals surface area contributed by atoms with Crippen LogP contribution in [0.4, 0.5) is 0 Å². The summed E-state index contributed by atoms with van der Waals surface area (Å²) in [6.07, 6.45) is 5.45. The number of nitrogens with one attached hydrogen (secondary N) is 2. The number of nitrogens with zero attached hydrogens (tertiary/aromatic N) is 1. The molecule has 4 nitrogen and oxygen atoms in total. The molecule has 0 saturated carbocycles. The van der Waals surface area contributed by atoms with Gasteiger partial charge in [0.1, 0.15) is 0 Å². The number of H-pyrrole nitrogens is 1. The quantitative estimate of drug-likeness (QED) is 0.725. The van der Waals surface area contributed by atoms with E-state index in [1.165, 1.54) is 0 Å². The maximum atomic E-state index is 12.9. The van der Waals surface area contributed by atoms with Crippen LogP contribution in [0, 0.1) is 6.92 Å². The van der Waals surface area contributed by atoms with Crippen LogP contribution in [0.5, 0.6) is 0 Å². The summed E-state index contributed by atoms with van der Waals surface area (Å²) in [4.78, 5) is 20.3. The first kappa shape index (κ1) is 14.5. The fourth-order valence-electron chi connectivity index (χ4n) is 3.04. The van der Waals surface area contributed by atoms with Gasteiger partial charge < -0.3 is 4.98 Å². The summed E-state index contributed by atoms with van der Waals surface area (Å²) in [6, 6.07) is 9.86. The van der Waals surface area contributed by atoms with Gasteiger partial charge in [-0.2, -0.15) is 0 Å². The molecule has 2 unspecified atom stereocenters. The SMILES string of the molecule is Cc1cccc2c(C(=O)C3CSC(c4cccnc4)N3)c[nH]c12. The topological polar surface area (TPSA) is 57.8 Å². The van der Waals surface area contributed by atoms with Crippen molar-refractivity contribution < 1.29 is 4.79 Å². The van der Waals surface area contributed by atoms with E-state index in [9.17, 15) is 4.79 Å². The molecule has 5 heteroatoms. The van der Waals surface area contributed by atoms with Crippen LogP contribution in [0.1, 0.15) is 26.9 Å². The van der Waals surface area contributed by atoms with E-state index in [2.05, 4.69) is 28.3 Å². The van der Waals surface area contributed by atoms with E-state index in [-0.39, 0.29) is 17.2 Å². The summed E-state index contributed by atoms with van der Waals surface area (Å²) in [7, 11) is 0. The van der Waals surface area contributed by atoms with Crippen LogP contribution in [0.15, 0.2) is 48.9 Å². The molecule has 1 fully saturated rings. The average molecular weight is 323 g/mol. The number of carbonyl (C=O) groups is 1. The standard InChI is InChI=1S/C18H17N3OS/c1-11-4-2-6-13-14(9-20-16(11)13)17(22)15-10-23-18(21-15)12-5-3-7-19-8-12/h2-9,15,18,20-21H,10H2,1H3. The molecule has 0 bridgehead atoms. The summed E-state index contributed by atoms with van der Waals surface area (Å²) in [6.45, 7) is 2.05. The molecule has 1 aliphatic rings. The lowest BCUT2D eigenvalue weighted by Gasteiger charge is -2.12. The second-order valence-corrected chi connectivity index (χ2v) is 6.92. The van der Waals surface area contributed by atoms with Crippen LogP contribution in [0.2, 0.25) is 0 Å². The highest BCUT2D eigenvalue weighted by atomic mass is 32.2. The summed E-state index contributed by atoms with van der Waals surface area (Å²) in [5, 5.41) is 4.57. The average Bonchev–Trinajstić information content (AvgIpc) is 3.23. The largest absolute Gasteiger partial charge is 0.360 e. The first-order valence-electron chi connectivity index (χ1n) is 7.62. The summed E-state index contributed by atoms with van der Waals surface area (Å²) < 4.78 is 0. The first-order chi connectivity index (χ1) is 11.2. The molecule has 0 amide bonds. The summed E-state index contributed by atoms with van der Waals surface area (Å²) in [5.74, 6) is 0.928. The minimum Gasteiger partial charge on any atom is -0.360 e. The number of hydrogen-bond acceptors (Lipinski definition) is 4. The lowest BCUT2D eigenvalue weighted by molar-refractivity contribution is 0.0957. The van der Waals surface area contributed by atoms with Crippen molar-refractivity contribution in [2.75, 3.05) is 5.75 Å². The molecule has 116 valence electrons. The van der Waals surface area contributed by atoms with Gasteiger partial charge in [0.05, 0.1) is 11.4 Å². The molecule has 0 aliphatic carbocycles. The fraction of sp³-hybridized carbons (Fsp3) is 0.222. The third-order valence-corrected chi connectivity index (χ3v) is 5.54. The maximum Gasteiger partial charge on any atom is 0.182 e. The number of carbonyl (C=O) groups excluding carboxylic acids is 1. The predicted octanol–water partition coefficient (Wildman–Crippen LogP) is 3.46. The number of aromatic amines is 1. The molecule has 3 heterocycles. The highest BCUT2D eigenvalue weighted by molar-refractivity contribution is 7.99. The number of aryl methyl sites for hydroxylation is 1. The van der Waals surface area contributed by atoms with E-state index in [0.29, 0.717) is 0 Å². The molecule has 2 atom stereocenters. The minimum atomic E-state index is -0.162. The van der Waals surface area contributed by atoms with Gasteiger partial charge in [0, 0.05) is 40.8 Å². The van der Waals surface area contributed by atoms with E-state index in [4.69, 9.17) is 0 Å². The Morgan fingerprint density at radius 1 is 1.30 bits per heavy atom. The zero-order valence-corrected chi connectivity index (χ0v) is 13.6. The molecule has 2 N–H and O–H groups in total. The lowest BCUT2D eigenvalue weighted by atomic mass is 10.0. The van der Waals surface area contributed by atoms with Crippen LogP contribution in [-0.4, -0.2) is 27.5 Å². The zero-order chi connectivity index (χ0) is 15.8. The molecule has 3 aromatic rings. The Morgan fingerprint density at radius 2 is 2.22 bits per heavy atom. The van der Waals surface area contributed by atoms with Gasteiger partial charge in [0.25, 0.3) is 0 Å². The van der Waals surface area contributed by atoms with E-state index < -0.39 is 0 Å². The van der Waals surface area contributed by atoms with Gasteiger partial charge in [0.15, 0.2) is 5.78 Å². The minimum absolute atomic E-state index is 0.129. The molecular weight excluding hydrogens is 306 g/mol. The van der Waals surface area contributed by atoms with Gasteiger partial charge in [0.2, 0.25) is 0 Å². The van der Waals surface area contributed by atoms with E-state index >= 15 is 0 Å². The number of benzene rings is 1. The Bertz CT molecular complexity index is 859. The zero-order valence-electron chi connectivity index (χ0n) is 12.7. The smallest absolute Gasteiger partial charge is 0.182 e. The second kappa shape index (κ2) is 5.83. The van der Waals surface area contributed by atoms with Crippen LogP contribution < -0.4 is 5.32 Å². The van der Waals surface area contributed by atoms with Crippen molar-refractivity contribution in [3.63, 3.8) is 0 Å². The fourth-order valence-corrected chi connectivity index (χ4v) is 4.27. The number of aromatic nitrogens is 2. The Hall–Kier alpha value is -2.11. The van der Waals surface area contributed by atoms with Crippen molar-refractivity contribution in [2.24, 2.45) is 0 Å². The number of pyridine rings is 1. The number of para-hydroxylation sites is 1. The molecule has 0 radical (unpaired) electrons. The van der Waals surface area contributed by atoms with Gasteiger partial charge in [-0.15, -0.1) is 11.8 Å². The van der Waals surface area contributed by atoms with Crippen molar-refractivity contribution in [1.82, 2.24) is 15.3 Å². The second-order valence-electron chi connectivity index (χ2n) is 5.78. The van der Waals surface area contributed by atoms with E-state index in [1.54, 1.807) is 18.0 Å². The molecule has 23 heavy (non-hydrogen) atoms. The predicted molar refractivity (Wildman–Crippen MR) is 93.7 cm³/mol. The highest BCUT2D eigenvalue weighted by Gasteiger charge is 2.32. The molecular formula is C18H17N3OS. The van der Waals surface area contributed by atoms with Gasteiger partial charge in [-0.05, 0) is 24.1 Å². The molecule has 1 aromatic carbocycles. The third-order valence-electron chi connectivity index (χ3n) is 4.28. The maximum absolute atomic E-state index is 12.9. The molecule has 1 aliphatic heterocycles. The first-order valence-corrected chi connectivity index (χ1v) is 8.67. The van der Waals surface area contributed by atoms with Gasteiger partial charge >= 0.3 is 0 Å².